The first-order valence-corrected chi connectivity index (χ1v) is 17.9. The molecule has 0 amide bonds. The molecule has 2 aliphatic carbocycles. The zero-order valence-electron chi connectivity index (χ0n) is 28.8. The second kappa shape index (κ2) is 11.2. The fourth-order valence-electron chi connectivity index (χ4n) is 9.26. The van der Waals surface area contributed by atoms with Gasteiger partial charge in [0.25, 0.3) is 0 Å². The monoisotopic (exact) mass is 651 g/mol. The van der Waals surface area contributed by atoms with Gasteiger partial charge < -0.3 is 4.90 Å². The minimum Gasteiger partial charge on any atom is -0.310 e. The van der Waals surface area contributed by atoms with Crippen molar-refractivity contribution in [2.75, 3.05) is 4.90 Å². The Balaban J connectivity index is 1.27. The van der Waals surface area contributed by atoms with E-state index < -0.39 is 5.41 Å². The summed E-state index contributed by atoms with van der Waals surface area (Å²) in [7, 11) is 0. The van der Waals surface area contributed by atoms with Crippen LogP contribution in [0.4, 0.5) is 17.1 Å². The number of hydrogen-bond acceptors (Lipinski definition) is 1. The Morgan fingerprint density at radius 2 is 0.941 bits per heavy atom. The van der Waals surface area contributed by atoms with Gasteiger partial charge >= 0.3 is 0 Å². The van der Waals surface area contributed by atoms with Gasteiger partial charge in [-0.15, -0.1) is 0 Å². The summed E-state index contributed by atoms with van der Waals surface area (Å²) in [5.41, 5.74) is 16.1. The molecule has 1 heteroatoms. The van der Waals surface area contributed by atoms with Gasteiger partial charge in [-0.25, -0.2) is 0 Å². The van der Waals surface area contributed by atoms with E-state index in [1.54, 1.807) is 0 Å². The van der Waals surface area contributed by atoms with Crippen LogP contribution in [0.1, 0.15) is 47.2 Å². The van der Waals surface area contributed by atoms with E-state index in [-0.39, 0.29) is 5.41 Å². The van der Waals surface area contributed by atoms with Crippen LogP contribution in [0.25, 0.3) is 33.0 Å². The Kier molecular flexibility index (Phi) is 6.51. The summed E-state index contributed by atoms with van der Waals surface area (Å²) in [6, 6.07) is 69.7. The molecule has 1 nitrogen and oxygen atoms in total. The molecule has 0 aliphatic heterocycles. The molecule has 0 atom stereocenters. The van der Waals surface area contributed by atoms with Crippen LogP contribution in [0.5, 0.6) is 0 Å². The van der Waals surface area contributed by atoms with Gasteiger partial charge in [-0.05, 0) is 103 Å². The third-order valence-corrected chi connectivity index (χ3v) is 11.5. The molecule has 10 rings (SSSR count). The highest BCUT2D eigenvalue weighted by atomic mass is 15.1. The maximum Gasteiger partial charge on any atom is 0.0714 e. The molecule has 0 radical (unpaired) electrons. The fourth-order valence-corrected chi connectivity index (χ4v) is 9.26. The van der Waals surface area contributed by atoms with Crippen molar-refractivity contribution in [3.63, 3.8) is 0 Å². The largest absolute Gasteiger partial charge is 0.310 e. The second-order valence-corrected chi connectivity index (χ2v) is 14.5. The Morgan fingerprint density at radius 3 is 1.69 bits per heavy atom. The molecule has 0 heterocycles. The lowest BCUT2D eigenvalue weighted by atomic mass is 9.67. The average Bonchev–Trinajstić information content (AvgIpc) is 3.62. The van der Waals surface area contributed by atoms with E-state index >= 15 is 0 Å². The predicted octanol–water partition coefficient (Wildman–Crippen LogP) is 13.0. The highest BCUT2D eigenvalue weighted by Gasteiger charge is 2.47. The SMILES string of the molecule is CC1(C)c2ccccc2-c2cc(N(c3ccccc3)c3ccc4c(c3)C(c3ccccc3)(c3ccccc3)c3ccc5ccccc5c3-4)ccc21. The molecule has 0 saturated carbocycles. The van der Waals surface area contributed by atoms with Crippen LogP contribution in [0, 0.1) is 0 Å². The number of para-hydroxylation sites is 1. The van der Waals surface area contributed by atoms with E-state index in [0.717, 1.165) is 17.1 Å². The van der Waals surface area contributed by atoms with E-state index in [9.17, 15) is 0 Å². The van der Waals surface area contributed by atoms with Gasteiger partial charge in [-0.3, -0.25) is 0 Å². The van der Waals surface area contributed by atoms with Crippen molar-refractivity contribution < 1.29 is 0 Å². The molecular formula is C50H37N. The van der Waals surface area contributed by atoms with Crippen molar-refractivity contribution in [2.24, 2.45) is 0 Å². The molecule has 8 aromatic rings. The van der Waals surface area contributed by atoms with Crippen molar-refractivity contribution in [2.45, 2.75) is 24.7 Å². The molecule has 8 aromatic carbocycles. The molecule has 2 aliphatic rings. The first-order chi connectivity index (χ1) is 25.1. The molecule has 0 bridgehead atoms. The zero-order valence-corrected chi connectivity index (χ0v) is 28.8. The number of rotatable bonds is 5. The van der Waals surface area contributed by atoms with E-state index in [1.165, 1.54) is 66.4 Å². The van der Waals surface area contributed by atoms with Gasteiger partial charge in [-0.1, -0.05) is 166 Å². The maximum absolute atomic E-state index is 2.47. The van der Waals surface area contributed by atoms with Crippen LogP contribution >= 0.6 is 0 Å². The van der Waals surface area contributed by atoms with Crippen molar-refractivity contribution in [1.29, 1.82) is 0 Å². The zero-order chi connectivity index (χ0) is 34.2. The van der Waals surface area contributed by atoms with Crippen LogP contribution in [0.2, 0.25) is 0 Å². The Morgan fingerprint density at radius 1 is 0.373 bits per heavy atom. The van der Waals surface area contributed by atoms with Gasteiger partial charge in [0.1, 0.15) is 0 Å². The summed E-state index contributed by atoms with van der Waals surface area (Å²) < 4.78 is 0. The summed E-state index contributed by atoms with van der Waals surface area (Å²) in [6.07, 6.45) is 0. The third-order valence-electron chi connectivity index (χ3n) is 11.5. The van der Waals surface area contributed by atoms with Crippen LogP contribution in [-0.2, 0) is 10.8 Å². The quantitative estimate of drug-likeness (QED) is 0.179. The Hall–Kier alpha value is -6.18. The molecule has 0 saturated heterocycles. The fraction of sp³-hybridized carbons (Fsp3) is 0.0800. The van der Waals surface area contributed by atoms with Gasteiger partial charge in [0, 0.05) is 22.5 Å². The highest BCUT2D eigenvalue weighted by molar-refractivity contribution is 6.04. The minimum absolute atomic E-state index is 0.0465. The normalized spacial score (nSPS) is 14.4. The molecule has 51 heavy (non-hydrogen) atoms. The summed E-state index contributed by atoms with van der Waals surface area (Å²) in [5.74, 6) is 0. The number of nitrogens with zero attached hydrogens (tertiary/aromatic N) is 1. The first-order valence-electron chi connectivity index (χ1n) is 17.9. The molecule has 0 unspecified atom stereocenters. The molecule has 0 spiro atoms. The summed E-state index contributed by atoms with van der Waals surface area (Å²) in [5, 5.41) is 2.55. The van der Waals surface area contributed by atoms with Crippen LogP contribution in [0.15, 0.2) is 188 Å². The molecule has 0 fully saturated rings. The summed E-state index contributed by atoms with van der Waals surface area (Å²) in [6.45, 7) is 4.70. The average molecular weight is 652 g/mol. The lowest BCUT2D eigenvalue weighted by molar-refractivity contribution is 0.660. The van der Waals surface area contributed by atoms with Crippen LogP contribution in [0.3, 0.4) is 0 Å². The van der Waals surface area contributed by atoms with Crippen molar-refractivity contribution >= 4 is 27.8 Å². The number of fused-ring (bicyclic) bond motifs is 8. The maximum atomic E-state index is 2.47. The van der Waals surface area contributed by atoms with E-state index in [1.807, 2.05) is 0 Å². The predicted molar refractivity (Wildman–Crippen MR) is 213 cm³/mol. The standard InChI is InChI=1S/C50H37N/c1-49(2)44-25-15-14-24-41(44)43-32-38(28-31-45(43)49)51(37-21-10-5-11-22-37)39-27-29-42-47(33-39)50(35-17-6-3-7-18-35,36-19-8-4-9-20-36)46-30-26-34-16-12-13-23-40(34)48(42)46/h3-33H,1-2H3. The molecule has 0 N–H and O–H groups in total. The summed E-state index contributed by atoms with van der Waals surface area (Å²) in [4.78, 5) is 2.44. The van der Waals surface area contributed by atoms with Gasteiger partial charge in [-0.2, -0.15) is 0 Å². The lowest BCUT2D eigenvalue weighted by Crippen LogP contribution is -2.28. The first kappa shape index (κ1) is 29.7. The lowest BCUT2D eigenvalue weighted by Gasteiger charge is -2.35. The third kappa shape index (κ3) is 4.22. The Bertz CT molecular complexity index is 2560. The molecule has 242 valence electrons. The van der Waals surface area contributed by atoms with E-state index in [0.29, 0.717) is 0 Å². The minimum atomic E-state index is -0.503. The van der Waals surface area contributed by atoms with Gasteiger partial charge in [0.05, 0.1) is 5.41 Å². The van der Waals surface area contributed by atoms with Gasteiger partial charge in [0.2, 0.25) is 0 Å². The Labute approximate surface area is 300 Å². The summed E-state index contributed by atoms with van der Waals surface area (Å²) >= 11 is 0. The number of benzene rings is 8. The van der Waals surface area contributed by atoms with E-state index in [4.69, 9.17) is 0 Å². The van der Waals surface area contributed by atoms with Crippen LogP contribution < -0.4 is 4.90 Å². The van der Waals surface area contributed by atoms with Crippen molar-refractivity contribution in [3.8, 4) is 22.3 Å². The second-order valence-electron chi connectivity index (χ2n) is 14.5. The topological polar surface area (TPSA) is 3.24 Å². The van der Waals surface area contributed by atoms with Gasteiger partial charge in [0.15, 0.2) is 0 Å². The molecular weight excluding hydrogens is 615 g/mol. The number of anilines is 3. The number of hydrogen-bond donors (Lipinski definition) is 0. The van der Waals surface area contributed by atoms with Crippen LogP contribution in [-0.4, -0.2) is 0 Å². The van der Waals surface area contributed by atoms with E-state index in [2.05, 4.69) is 207 Å². The smallest absolute Gasteiger partial charge is 0.0714 e. The van der Waals surface area contributed by atoms with Crippen molar-refractivity contribution in [3.05, 3.63) is 221 Å². The van der Waals surface area contributed by atoms with Crippen molar-refractivity contribution in [1.82, 2.24) is 0 Å². The molecule has 0 aromatic heterocycles. The highest BCUT2D eigenvalue weighted by Crippen LogP contribution is 2.59.